The fourth-order valence-corrected chi connectivity index (χ4v) is 2.13. The van der Waals surface area contributed by atoms with Crippen LogP contribution in [0, 0.1) is 11.3 Å². The van der Waals surface area contributed by atoms with Crippen molar-refractivity contribution in [3.05, 3.63) is 30.1 Å². The monoisotopic (exact) mass is 290 g/mol. The molecule has 0 saturated heterocycles. The fraction of sp³-hybridized carbons (Fsp3) is 0.625. The quantitative estimate of drug-likeness (QED) is 0.722. The number of aliphatic hydroxyl groups is 1. The van der Waals surface area contributed by atoms with E-state index in [4.69, 9.17) is 5.26 Å². The minimum atomic E-state index is -0.831. The highest BCUT2D eigenvalue weighted by atomic mass is 16.3. The first-order valence-electron chi connectivity index (χ1n) is 7.37. The summed E-state index contributed by atoms with van der Waals surface area (Å²) in [5.74, 6) is 0. The number of rotatable bonds is 9. The summed E-state index contributed by atoms with van der Waals surface area (Å²) in [5, 5.41) is 22.6. The second kappa shape index (κ2) is 8.73. The molecular weight excluding hydrogens is 264 g/mol. The third kappa shape index (κ3) is 7.76. The van der Waals surface area contributed by atoms with Crippen LogP contribution in [-0.4, -0.2) is 46.3 Å². The first kappa shape index (κ1) is 17.6. The van der Waals surface area contributed by atoms with Gasteiger partial charge in [0, 0.05) is 51.0 Å². The third-order valence-corrected chi connectivity index (χ3v) is 3.12. The van der Waals surface area contributed by atoms with Gasteiger partial charge in [-0.05, 0) is 18.6 Å². The summed E-state index contributed by atoms with van der Waals surface area (Å²) < 4.78 is 0. The smallest absolute Gasteiger partial charge is 0.0869 e. The molecule has 1 unspecified atom stereocenters. The Hall–Kier alpha value is -1.48. The standard InChI is InChI=1S/C16H26N4O/c1-14(2)19-12-16(3,21)13-20(9-5-7-17)11-15-6-4-8-18-10-15/h4,6,8,10,14,19,21H,5,9,11-13H2,1-3H3. The van der Waals surface area contributed by atoms with Gasteiger partial charge >= 0.3 is 0 Å². The Morgan fingerprint density at radius 2 is 2.29 bits per heavy atom. The Morgan fingerprint density at radius 1 is 1.52 bits per heavy atom. The lowest BCUT2D eigenvalue weighted by Crippen LogP contribution is -2.48. The van der Waals surface area contributed by atoms with Crippen molar-refractivity contribution in [1.29, 1.82) is 5.26 Å². The van der Waals surface area contributed by atoms with Gasteiger partial charge in [-0.1, -0.05) is 19.9 Å². The molecule has 116 valence electrons. The highest BCUT2D eigenvalue weighted by molar-refractivity contribution is 5.08. The summed E-state index contributed by atoms with van der Waals surface area (Å²) in [6.45, 7) is 8.31. The molecule has 1 heterocycles. The first-order chi connectivity index (χ1) is 9.93. The van der Waals surface area contributed by atoms with Crippen molar-refractivity contribution in [1.82, 2.24) is 15.2 Å². The maximum atomic E-state index is 10.5. The van der Waals surface area contributed by atoms with E-state index < -0.39 is 5.60 Å². The molecule has 1 aromatic rings. The molecule has 0 aliphatic carbocycles. The number of aromatic nitrogens is 1. The number of hydrogen-bond donors (Lipinski definition) is 2. The van der Waals surface area contributed by atoms with Crippen molar-refractivity contribution in [3.63, 3.8) is 0 Å². The zero-order valence-electron chi connectivity index (χ0n) is 13.2. The molecule has 0 saturated carbocycles. The Bertz CT molecular complexity index is 439. The van der Waals surface area contributed by atoms with E-state index in [0.717, 1.165) is 5.56 Å². The summed E-state index contributed by atoms with van der Waals surface area (Å²) in [5.41, 5.74) is 0.255. The van der Waals surface area contributed by atoms with Crippen LogP contribution < -0.4 is 5.32 Å². The van der Waals surface area contributed by atoms with Gasteiger partial charge in [-0.25, -0.2) is 0 Å². The van der Waals surface area contributed by atoms with E-state index in [2.05, 4.69) is 35.1 Å². The predicted molar refractivity (Wildman–Crippen MR) is 83.5 cm³/mol. The molecular formula is C16H26N4O. The van der Waals surface area contributed by atoms with Gasteiger partial charge in [0.1, 0.15) is 0 Å². The molecule has 1 aromatic heterocycles. The van der Waals surface area contributed by atoms with E-state index in [9.17, 15) is 5.11 Å². The van der Waals surface area contributed by atoms with Crippen molar-refractivity contribution >= 4 is 0 Å². The van der Waals surface area contributed by atoms with Crippen LogP contribution >= 0.6 is 0 Å². The fourth-order valence-electron chi connectivity index (χ4n) is 2.13. The Labute approximate surface area is 127 Å². The lowest BCUT2D eigenvalue weighted by Gasteiger charge is -2.32. The molecule has 2 N–H and O–H groups in total. The van der Waals surface area contributed by atoms with Crippen molar-refractivity contribution in [2.75, 3.05) is 19.6 Å². The molecule has 5 nitrogen and oxygen atoms in total. The molecule has 0 fully saturated rings. The lowest BCUT2D eigenvalue weighted by atomic mass is 10.1. The van der Waals surface area contributed by atoms with Crippen molar-refractivity contribution in [3.8, 4) is 6.07 Å². The molecule has 1 rings (SSSR count). The summed E-state index contributed by atoms with van der Waals surface area (Å²) in [6, 6.07) is 6.41. The number of nitrogens with zero attached hydrogens (tertiary/aromatic N) is 3. The Morgan fingerprint density at radius 3 is 2.86 bits per heavy atom. The average molecular weight is 290 g/mol. The Balaban J connectivity index is 2.62. The molecule has 0 aliphatic heterocycles. The van der Waals surface area contributed by atoms with Gasteiger partial charge in [-0.2, -0.15) is 5.26 Å². The molecule has 0 radical (unpaired) electrons. The van der Waals surface area contributed by atoms with E-state index >= 15 is 0 Å². The van der Waals surface area contributed by atoms with Crippen LogP contribution in [0.2, 0.25) is 0 Å². The van der Waals surface area contributed by atoms with E-state index in [0.29, 0.717) is 38.6 Å². The van der Waals surface area contributed by atoms with Crippen LogP contribution in [0.15, 0.2) is 24.5 Å². The van der Waals surface area contributed by atoms with Crippen LogP contribution in [0.4, 0.5) is 0 Å². The van der Waals surface area contributed by atoms with Gasteiger partial charge in [-0.3, -0.25) is 9.88 Å². The first-order valence-corrected chi connectivity index (χ1v) is 7.37. The Kier molecular flexibility index (Phi) is 7.30. The molecule has 21 heavy (non-hydrogen) atoms. The van der Waals surface area contributed by atoms with Gasteiger partial charge in [0.05, 0.1) is 11.7 Å². The van der Waals surface area contributed by atoms with Crippen LogP contribution in [0.5, 0.6) is 0 Å². The lowest BCUT2D eigenvalue weighted by molar-refractivity contribution is 0.0167. The minimum Gasteiger partial charge on any atom is -0.388 e. The number of nitrogens with one attached hydrogen (secondary N) is 1. The average Bonchev–Trinajstić information content (AvgIpc) is 2.43. The van der Waals surface area contributed by atoms with Crippen LogP contribution in [0.25, 0.3) is 0 Å². The predicted octanol–water partition coefficient (Wildman–Crippen LogP) is 1.55. The second-order valence-electron chi connectivity index (χ2n) is 6.01. The molecule has 5 heteroatoms. The van der Waals surface area contributed by atoms with E-state index in [1.165, 1.54) is 0 Å². The normalized spacial score (nSPS) is 14.1. The van der Waals surface area contributed by atoms with Crippen molar-refractivity contribution < 1.29 is 5.11 Å². The van der Waals surface area contributed by atoms with Gasteiger partial charge in [0.25, 0.3) is 0 Å². The summed E-state index contributed by atoms with van der Waals surface area (Å²) in [4.78, 5) is 6.21. The maximum absolute atomic E-state index is 10.5. The molecule has 0 amide bonds. The van der Waals surface area contributed by atoms with Gasteiger partial charge in [-0.15, -0.1) is 0 Å². The summed E-state index contributed by atoms with van der Waals surface area (Å²) in [7, 11) is 0. The zero-order valence-corrected chi connectivity index (χ0v) is 13.2. The highest BCUT2D eigenvalue weighted by Crippen LogP contribution is 2.10. The molecule has 1 atom stereocenters. The van der Waals surface area contributed by atoms with E-state index in [1.54, 1.807) is 6.20 Å². The highest BCUT2D eigenvalue weighted by Gasteiger charge is 2.24. The molecule has 0 aromatic carbocycles. The topological polar surface area (TPSA) is 72.2 Å². The largest absolute Gasteiger partial charge is 0.388 e. The third-order valence-electron chi connectivity index (χ3n) is 3.12. The van der Waals surface area contributed by atoms with Crippen molar-refractivity contribution in [2.45, 2.75) is 45.4 Å². The molecule has 0 spiro atoms. The SMILES string of the molecule is CC(C)NCC(C)(O)CN(CCC#N)Cc1cccnc1. The number of hydrogen-bond acceptors (Lipinski definition) is 5. The number of nitriles is 1. The maximum Gasteiger partial charge on any atom is 0.0869 e. The second-order valence-corrected chi connectivity index (χ2v) is 6.01. The van der Waals surface area contributed by atoms with Gasteiger partial charge < -0.3 is 10.4 Å². The van der Waals surface area contributed by atoms with E-state index in [-0.39, 0.29) is 0 Å². The summed E-state index contributed by atoms with van der Waals surface area (Å²) in [6.07, 6.45) is 4.01. The number of pyridine rings is 1. The van der Waals surface area contributed by atoms with E-state index in [1.807, 2.05) is 25.3 Å². The van der Waals surface area contributed by atoms with Gasteiger partial charge in [0.2, 0.25) is 0 Å². The van der Waals surface area contributed by atoms with Gasteiger partial charge in [0.15, 0.2) is 0 Å². The zero-order chi connectivity index (χ0) is 15.7. The molecule has 0 aliphatic rings. The van der Waals surface area contributed by atoms with Crippen LogP contribution in [0.3, 0.4) is 0 Å². The van der Waals surface area contributed by atoms with Crippen LogP contribution in [0.1, 0.15) is 32.8 Å². The van der Waals surface area contributed by atoms with Crippen LogP contribution in [-0.2, 0) is 6.54 Å². The molecule has 0 bridgehead atoms. The minimum absolute atomic E-state index is 0.336. The van der Waals surface area contributed by atoms with Crippen molar-refractivity contribution in [2.24, 2.45) is 0 Å². The summed E-state index contributed by atoms with van der Waals surface area (Å²) >= 11 is 0.